The fourth-order valence-electron chi connectivity index (χ4n) is 3.41. The van der Waals surface area contributed by atoms with E-state index in [2.05, 4.69) is 43.2 Å². The number of hydrogen-bond donors (Lipinski definition) is 2. The van der Waals surface area contributed by atoms with E-state index in [4.69, 9.17) is 14.9 Å². The van der Waals surface area contributed by atoms with Crippen molar-refractivity contribution in [1.29, 1.82) is 0 Å². The molecular formula is C23H33N3O2. The normalized spacial score (nSPS) is 12.3. The van der Waals surface area contributed by atoms with E-state index in [0.29, 0.717) is 19.0 Å². The molecule has 2 aromatic heterocycles. The van der Waals surface area contributed by atoms with Crippen molar-refractivity contribution in [1.82, 2.24) is 10.3 Å². The Labute approximate surface area is 167 Å². The average Bonchev–Trinajstić information content (AvgIpc) is 3.07. The second-order valence-electron chi connectivity index (χ2n) is 8.43. The van der Waals surface area contributed by atoms with Crippen molar-refractivity contribution in [2.24, 2.45) is 0 Å². The molecule has 0 spiro atoms. The Morgan fingerprint density at radius 3 is 2.68 bits per heavy atom. The van der Waals surface area contributed by atoms with Crippen molar-refractivity contribution in [3.63, 3.8) is 0 Å². The monoisotopic (exact) mass is 383 g/mol. The molecule has 0 radical (unpaired) electrons. The molecule has 5 nitrogen and oxygen atoms in total. The quantitative estimate of drug-likeness (QED) is 0.497. The fraction of sp³-hybridized carbons (Fsp3) is 0.522. The Morgan fingerprint density at radius 2 is 1.93 bits per heavy atom. The molecule has 3 aromatic rings. The average molecular weight is 384 g/mol. The predicted molar refractivity (Wildman–Crippen MR) is 117 cm³/mol. The maximum absolute atomic E-state index is 6.14. The summed E-state index contributed by atoms with van der Waals surface area (Å²) in [4.78, 5) is 4.55. The van der Waals surface area contributed by atoms with Crippen molar-refractivity contribution in [2.45, 2.75) is 65.5 Å². The number of aryl methyl sites for hydroxylation is 1. The van der Waals surface area contributed by atoms with Crippen molar-refractivity contribution in [3.8, 4) is 0 Å². The molecule has 0 aliphatic heterocycles. The van der Waals surface area contributed by atoms with Gasteiger partial charge in [0.2, 0.25) is 0 Å². The zero-order valence-electron chi connectivity index (χ0n) is 17.6. The highest BCUT2D eigenvalue weighted by atomic mass is 16.5. The third kappa shape index (κ3) is 5.24. The summed E-state index contributed by atoms with van der Waals surface area (Å²) in [7, 11) is 0. The van der Waals surface area contributed by atoms with E-state index in [9.17, 15) is 0 Å². The largest absolute Gasteiger partial charge is 0.458 e. The summed E-state index contributed by atoms with van der Waals surface area (Å²) in [5, 5.41) is 5.44. The van der Waals surface area contributed by atoms with Gasteiger partial charge in [0.1, 0.15) is 23.8 Å². The van der Waals surface area contributed by atoms with Crippen LogP contribution < -0.4 is 11.1 Å². The van der Waals surface area contributed by atoms with E-state index in [1.165, 1.54) is 24.8 Å². The summed E-state index contributed by atoms with van der Waals surface area (Å²) in [6.45, 7) is 10.8. The van der Waals surface area contributed by atoms with Gasteiger partial charge < -0.3 is 20.2 Å². The van der Waals surface area contributed by atoms with Crippen molar-refractivity contribution in [3.05, 3.63) is 35.6 Å². The summed E-state index contributed by atoms with van der Waals surface area (Å²) in [5.41, 5.74) is 9.34. The third-order valence-corrected chi connectivity index (χ3v) is 4.85. The first-order valence-electron chi connectivity index (χ1n) is 10.3. The number of fused-ring (bicyclic) bond motifs is 3. The van der Waals surface area contributed by atoms with Gasteiger partial charge in [-0.05, 0) is 77.3 Å². The minimum Gasteiger partial charge on any atom is -0.458 e. The minimum atomic E-state index is 0.197. The smallest absolute Gasteiger partial charge is 0.147 e. The van der Waals surface area contributed by atoms with Crippen LogP contribution in [0.15, 0.2) is 28.7 Å². The Morgan fingerprint density at radius 1 is 1.11 bits per heavy atom. The molecule has 0 aliphatic rings. The molecule has 0 saturated carbocycles. The third-order valence-electron chi connectivity index (χ3n) is 4.85. The number of rotatable bonds is 9. The number of anilines is 1. The van der Waals surface area contributed by atoms with Gasteiger partial charge in [0.05, 0.1) is 10.9 Å². The van der Waals surface area contributed by atoms with E-state index < -0.39 is 0 Å². The van der Waals surface area contributed by atoms with Gasteiger partial charge in [0.15, 0.2) is 0 Å². The number of ether oxygens (including phenoxy) is 1. The lowest BCUT2D eigenvalue weighted by Crippen LogP contribution is -2.36. The first-order chi connectivity index (χ1) is 13.4. The zero-order valence-corrected chi connectivity index (χ0v) is 17.6. The lowest BCUT2D eigenvalue weighted by atomic mass is 10.0. The minimum absolute atomic E-state index is 0.197. The van der Waals surface area contributed by atoms with Crippen molar-refractivity contribution < 1.29 is 9.15 Å². The predicted octanol–water partition coefficient (Wildman–Crippen LogP) is 5.20. The van der Waals surface area contributed by atoms with Crippen LogP contribution in [0.3, 0.4) is 0 Å². The van der Waals surface area contributed by atoms with Gasteiger partial charge in [-0.15, -0.1) is 0 Å². The first-order valence-corrected chi connectivity index (χ1v) is 10.3. The van der Waals surface area contributed by atoms with E-state index in [-0.39, 0.29) is 5.54 Å². The lowest BCUT2D eigenvalue weighted by molar-refractivity contribution is 0.119. The summed E-state index contributed by atoms with van der Waals surface area (Å²) >= 11 is 0. The molecule has 0 amide bonds. The number of aromatic nitrogens is 1. The lowest BCUT2D eigenvalue weighted by Gasteiger charge is -2.20. The molecule has 3 rings (SSSR count). The molecule has 0 aliphatic carbocycles. The standard InChI is InChI=1S/C23H33N3O2/c1-5-27-15-17-14-19-21(28-17)18-13-16(10-11-20(18)26-22(19)24)9-7-6-8-12-25-23(2,3)4/h10-11,13-14,25H,5-9,12,15H2,1-4H3,(H2,24,26). The van der Waals surface area contributed by atoms with Crippen LogP contribution in [0.5, 0.6) is 0 Å². The summed E-state index contributed by atoms with van der Waals surface area (Å²) in [6.07, 6.45) is 4.66. The zero-order chi connectivity index (χ0) is 20.1. The van der Waals surface area contributed by atoms with Gasteiger partial charge in [-0.2, -0.15) is 0 Å². The van der Waals surface area contributed by atoms with Crippen LogP contribution in [0.2, 0.25) is 0 Å². The second-order valence-corrected chi connectivity index (χ2v) is 8.43. The fourth-order valence-corrected chi connectivity index (χ4v) is 3.41. The highest BCUT2D eigenvalue weighted by Crippen LogP contribution is 2.32. The SMILES string of the molecule is CCOCc1cc2c(N)nc3ccc(CCCCCNC(C)(C)C)cc3c2o1. The molecule has 0 fully saturated rings. The number of nitrogen functional groups attached to an aromatic ring is 1. The summed E-state index contributed by atoms with van der Waals surface area (Å²) in [6, 6.07) is 8.34. The Kier molecular flexibility index (Phi) is 6.57. The number of hydrogen-bond acceptors (Lipinski definition) is 5. The molecule has 5 heteroatoms. The number of nitrogens with two attached hydrogens (primary N) is 1. The van der Waals surface area contributed by atoms with Crippen LogP contribution in [0.4, 0.5) is 5.82 Å². The Bertz CT molecular complexity index is 925. The molecule has 3 N–H and O–H groups in total. The number of nitrogens with one attached hydrogen (secondary N) is 1. The van der Waals surface area contributed by atoms with Crippen LogP contribution in [-0.4, -0.2) is 23.7 Å². The molecule has 1 aromatic carbocycles. The van der Waals surface area contributed by atoms with Gasteiger partial charge in [-0.3, -0.25) is 0 Å². The second kappa shape index (κ2) is 8.93. The van der Waals surface area contributed by atoms with E-state index >= 15 is 0 Å². The van der Waals surface area contributed by atoms with Gasteiger partial charge in [-0.1, -0.05) is 12.5 Å². The first kappa shape index (κ1) is 20.6. The summed E-state index contributed by atoms with van der Waals surface area (Å²) in [5.74, 6) is 1.29. The number of benzene rings is 1. The van der Waals surface area contributed by atoms with Gasteiger partial charge in [-0.25, -0.2) is 4.98 Å². The number of nitrogens with zero attached hydrogens (tertiary/aromatic N) is 1. The van der Waals surface area contributed by atoms with Crippen LogP contribution in [0.25, 0.3) is 21.9 Å². The van der Waals surface area contributed by atoms with Crippen molar-refractivity contribution >= 4 is 27.7 Å². The number of furan rings is 1. The molecular weight excluding hydrogens is 350 g/mol. The van der Waals surface area contributed by atoms with Crippen LogP contribution in [0.1, 0.15) is 58.3 Å². The Balaban J connectivity index is 1.70. The van der Waals surface area contributed by atoms with Crippen LogP contribution in [-0.2, 0) is 17.8 Å². The molecule has 28 heavy (non-hydrogen) atoms. The van der Waals surface area contributed by atoms with Gasteiger partial charge in [0.25, 0.3) is 0 Å². The molecule has 0 unspecified atom stereocenters. The number of pyridine rings is 1. The van der Waals surface area contributed by atoms with E-state index in [1.807, 2.05) is 19.1 Å². The molecule has 152 valence electrons. The highest BCUT2D eigenvalue weighted by molar-refractivity contribution is 6.06. The van der Waals surface area contributed by atoms with Gasteiger partial charge in [0, 0.05) is 17.5 Å². The molecule has 0 atom stereocenters. The molecule has 2 heterocycles. The number of unbranched alkanes of at least 4 members (excludes halogenated alkanes) is 2. The highest BCUT2D eigenvalue weighted by Gasteiger charge is 2.13. The van der Waals surface area contributed by atoms with E-state index in [0.717, 1.165) is 40.6 Å². The Hall–Kier alpha value is -2.11. The van der Waals surface area contributed by atoms with Crippen LogP contribution >= 0.6 is 0 Å². The van der Waals surface area contributed by atoms with Gasteiger partial charge >= 0.3 is 0 Å². The van der Waals surface area contributed by atoms with Crippen molar-refractivity contribution in [2.75, 3.05) is 18.9 Å². The maximum atomic E-state index is 6.14. The maximum Gasteiger partial charge on any atom is 0.147 e. The topological polar surface area (TPSA) is 73.3 Å². The molecule has 0 saturated heterocycles. The molecule has 0 bridgehead atoms. The van der Waals surface area contributed by atoms with Crippen LogP contribution in [0, 0.1) is 0 Å². The van der Waals surface area contributed by atoms with E-state index in [1.54, 1.807) is 0 Å². The summed E-state index contributed by atoms with van der Waals surface area (Å²) < 4.78 is 11.5.